The van der Waals surface area contributed by atoms with Crippen LogP contribution in [0.1, 0.15) is 63.6 Å². The number of ether oxygens (including phenoxy) is 2. The number of anilines is 1. The summed E-state index contributed by atoms with van der Waals surface area (Å²) in [5, 5.41) is 12.2. The quantitative estimate of drug-likeness (QED) is 0.106. The van der Waals surface area contributed by atoms with Gasteiger partial charge in [0.1, 0.15) is 29.9 Å². The van der Waals surface area contributed by atoms with Gasteiger partial charge in [-0.3, -0.25) is 34.3 Å². The average Bonchev–Trinajstić information content (AvgIpc) is 3.49. The van der Waals surface area contributed by atoms with Crippen LogP contribution in [0.4, 0.5) is 5.69 Å². The number of nitrogens with one attached hydrogen (secondary N) is 1. The smallest absolute Gasteiger partial charge is 0.262 e. The molecule has 1 atom stereocenters. The van der Waals surface area contributed by atoms with Gasteiger partial charge in [-0.15, -0.1) is 0 Å². The molecule has 294 valence electrons. The van der Waals surface area contributed by atoms with Crippen LogP contribution in [0.25, 0.3) is 11.1 Å². The Morgan fingerprint density at radius 1 is 0.776 bits per heavy atom. The van der Waals surface area contributed by atoms with Gasteiger partial charge in [0.05, 0.1) is 23.0 Å². The maximum Gasteiger partial charge on any atom is 0.262 e. The number of benzene rings is 4. The van der Waals surface area contributed by atoms with Gasteiger partial charge in [-0.1, -0.05) is 61.5 Å². The highest BCUT2D eigenvalue weighted by Crippen LogP contribution is 2.36. The number of phenolic OH excluding ortho intramolecular Hbond substituents is 1. The van der Waals surface area contributed by atoms with Crippen molar-refractivity contribution in [2.24, 2.45) is 0 Å². The molecule has 1 unspecified atom stereocenters. The zero-order chi connectivity index (χ0) is 40.2. The number of aromatic nitrogens is 1. The highest BCUT2D eigenvalue weighted by molar-refractivity contribution is 6.23. The van der Waals surface area contributed by atoms with Crippen molar-refractivity contribution < 1.29 is 33.8 Å². The Morgan fingerprint density at radius 2 is 1.47 bits per heavy atom. The summed E-state index contributed by atoms with van der Waals surface area (Å²) in [7, 11) is 0. The van der Waals surface area contributed by atoms with E-state index in [9.17, 15) is 24.3 Å². The molecule has 12 heteroatoms. The predicted molar refractivity (Wildman–Crippen MR) is 219 cm³/mol. The third-order valence-electron chi connectivity index (χ3n) is 10.8. The summed E-state index contributed by atoms with van der Waals surface area (Å²) in [6.45, 7) is 6.52. The van der Waals surface area contributed by atoms with E-state index in [1.54, 1.807) is 30.3 Å². The number of hydrogen-bond acceptors (Lipinski definition) is 10. The number of piperidine rings is 1. The van der Waals surface area contributed by atoms with E-state index in [0.29, 0.717) is 30.5 Å². The van der Waals surface area contributed by atoms with Crippen LogP contribution < -0.4 is 19.7 Å². The molecule has 0 aliphatic carbocycles. The van der Waals surface area contributed by atoms with Crippen LogP contribution in [0.5, 0.6) is 23.1 Å². The molecule has 5 aromatic rings. The Bertz CT molecular complexity index is 2360. The number of amides is 4. The molecular weight excluding hydrogens is 735 g/mol. The third kappa shape index (κ3) is 8.05. The molecular formula is C46H43N5O7. The largest absolute Gasteiger partial charge is 0.508 e. The molecule has 4 amide bonds. The van der Waals surface area contributed by atoms with Crippen molar-refractivity contribution in [3.05, 3.63) is 143 Å². The number of carbonyl (C=O) groups excluding carboxylic acids is 4. The van der Waals surface area contributed by atoms with Crippen LogP contribution in [0, 0.1) is 0 Å². The minimum absolute atomic E-state index is 0.0707. The fourth-order valence-electron chi connectivity index (χ4n) is 7.80. The van der Waals surface area contributed by atoms with Crippen LogP contribution in [-0.2, 0) is 9.59 Å². The summed E-state index contributed by atoms with van der Waals surface area (Å²) in [5.41, 5.74) is 6.97. The standard InChI is InChI=1S/C46H43N5O7/c1-2-37(30-6-4-3-5-7-30)43(31-8-13-34(52)14-9-31)32-10-15-35(16-11-32)58-42-21-12-33(29-47-42)50-24-22-49(23-25-50)26-27-57-36-17-18-38-39(28-36)46(56)51(45(38)55)40-19-20-41(53)48-44(40)54/h3-18,21,28-29,40,52H,2,19-20,22-27H2,1H3,(H,48,53,54). The molecule has 1 aromatic heterocycles. The number of aromatic hydroxyl groups is 1. The van der Waals surface area contributed by atoms with E-state index in [1.165, 1.54) is 5.57 Å². The Kier molecular flexibility index (Phi) is 11.0. The first-order valence-corrected chi connectivity index (χ1v) is 19.5. The maximum atomic E-state index is 13.2. The summed E-state index contributed by atoms with van der Waals surface area (Å²) < 4.78 is 12.1. The second-order valence-electron chi connectivity index (χ2n) is 14.4. The second kappa shape index (κ2) is 16.7. The number of hydrogen-bond donors (Lipinski definition) is 2. The molecule has 0 saturated carbocycles. The number of nitrogens with zero attached hydrogens (tertiary/aromatic N) is 4. The van der Waals surface area contributed by atoms with Crippen molar-refractivity contribution in [1.29, 1.82) is 0 Å². The van der Waals surface area contributed by atoms with Crippen molar-refractivity contribution in [3.63, 3.8) is 0 Å². The van der Waals surface area contributed by atoms with Crippen LogP contribution >= 0.6 is 0 Å². The van der Waals surface area contributed by atoms with Gasteiger partial charge < -0.3 is 19.5 Å². The first-order chi connectivity index (χ1) is 28.2. The number of imide groups is 2. The Morgan fingerprint density at radius 3 is 2.14 bits per heavy atom. The molecule has 3 aliphatic rings. The summed E-state index contributed by atoms with van der Waals surface area (Å²) in [4.78, 5) is 60.2. The fraction of sp³-hybridized carbons (Fsp3) is 0.239. The van der Waals surface area contributed by atoms with E-state index >= 15 is 0 Å². The van der Waals surface area contributed by atoms with Gasteiger partial charge in [-0.25, -0.2) is 4.98 Å². The summed E-state index contributed by atoms with van der Waals surface area (Å²) in [5.74, 6) is -0.267. The van der Waals surface area contributed by atoms with Crippen molar-refractivity contribution in [1.82, 2.24) is 20.1 Å². The lowest BCUT2D eigenvalue weighted by Gasteiger charge is -2.35. The van der Waals surface area contributed by atoms with Crippen molar-refractivity contribution in [2.75, 3.05) is 44.2 Å². The van der Waals surface area contributed by atoms with Gasteiger partial charge in [-0.05, 0) is 89.2 Å². The number of carbonyl (C=O) groups is 4. The summed E-state index contributed by atoms with van der Waals surface area (Å²) in [6, 6.07) is 33.4. The van der Waals surface area contributed by atoms with Crippen LogP contribution in [-0.4, -0.2) is 88.9 Å². The normalized spacial score (nSPS) is 17.5. The number of pyridine rings is 1. The van der Waals surface area contributed by atoms with E-state index in [-0.39, 0.29) is 29.7 Å². The lowest BCUT2D eigenvalue weighted by molar-refractivity contribution is -0.136. The van der Waals surface area contributed by atoms with Crippen LogP contribution in [0.3, 0.4) is 0 Å². The molecule has 58 heavy (non-hydrogen) atoms. The molecule has 2 fully saturated rings. The Hall–Kier alpha value is -6.79. The third-order valence-corrected chi connectivity index (χ3v) is 10.8. The van der Waals surface area contributed by atoms with Crippen molar-refractivity contribution in [2.45, 2.75) is 32.2 Å². The minimum atomic E-state index is -1.00. The highest BCUT2D eigenvalue weighted by Gasteiger charge is 2.44. The van der Waals surface area contributed by atoms with Crippen molar-refractivity contribution >= 4 is 40.5 Å². The Labute approximate surface area is 336 Å². The molecule has 4 heterocycles. The van der Waals surface area contributed by atoms with Gasteiger partial charge in [0.2, 0.25) is 17.7 Å². The van der Waals surface area contributed by atoms with Gasteiger partial charge in [0.25, 0.3) is 11.8 Å². The van der Waals surface area contributed by atoms with E-state index in [0.717, 1.165) is 65.5 Å². The number of rotatable bonds is 12. The number of allylic oxidation sites excluding steroid dienone is 1. The van der Waals surface area contributed by atoms with E-state index in [2.05, 4.69) is 51.3 Å². The predicted octanol–water partition coefficient (Wildman–Crippen LogP) is 6.55. The Balaban J connectivity index is 0.833. The lowest BCUT2D eigenvalue weighted by Crippen LogP contribution is -2.54. The first-order valence-electron chi connectivity index (χ1n) is 19.5. The monoisotopic (exact) mass is 777 g/mol. The number of phenols is 1. The zero-order valence-electron chi connectivity index (χ0n) is 32.1. The summed E-state index contributed by atoms with van der Waals surface area (Å²) in [6.07, 6.45) is 2.85. The average molecular weight is 778 g/mol. The molecule has 4 aromatic carbocycles. The van der Waals surface area contributed by atoms with Crippen LogP contribution in [0.2, 0.25) is 0 Å². The molecule has 0 radical (unpaired) electrons. The van der Waals surface area contributed by atoms with Crippen LogP contribution in [0.15, 0.2) is 115 Å². The van der Waals surface area contributed by atoms with Gasteiger partial charge in [0, 0.05) is 45.2 Å². The van der Waals surface area contributed by atoms with E-state index in [1.807, 2.05) is 60.8 Å². The molecule has 3 aliphatic heterocycles. The zero-order valence-corrected chi connectivity index (χ0v) is 32.1. The lowest BCUT2D eigenvalue weighted by atomic mass is 9.88. The topological polar surface area (TPSA) is 142 Å². The molecule has 0 bridgehead atoms. The molecule has 12 nitrogen and oxygen atoms in total. The number of piperazine rings is 1. The SMILES string of the molecule is CCC(=C(c1ccc(O)cc1)c1ccc(Oc2ccc(N3CCN(CCOc4ccc5c(c4)C(=O)N(C4CCC(=O)NC4=O)C5=O)CC3)cn2)cc1)c1ccccc1. The van der Waals surface area contributed by atoms with E-state index in [4.69, 9.17) is 9.47 Å². The molecule has 2 N–H and O–H groups in total. The second-order valence-corrected chi connectivity index (χ2v) is 14.4. The highest BCUT2D eigenvalue weighted by atomic mass is 16.5. The van der Waals surface area contributed by atoms with Gasteiger partial charge in [-0.2, -0.15) is 0 Å². The van der Waals surface area contributed by atoms with E-state index < -0.39 is 29.7 Å². The maximum absolute atomic E-state index is 13.2. The fourth-order valence-corrected chi connectivity index (χ4v) is 7.80. The summed E-state index contributed by atoms with van der Waals surface area (Å²) >= 11 is 0. The van der Waals surface area contributed by atoms with Gasteiger partial charge in [0.15, 0.2) is 0 Å². The first kappa shape index (κ1) is 38.1. The minimum Gasteiger partial charge on any atom is -0.508 e. The van der Waals surface area contributed by atoms with Crippen molar-refractivity contribution in [3.8, 4) is 23.1 Å². The molecule has 8 rings (SSSR count). The molecule has 0 spiro atoms. The molecule has 2 saturated heterocycles. The number of fused-ring (bicyclic) bond motifs is 1. The van der Waals surface area contributed by atoms with Gasteiger partial charge >= 0.3 is 0 Å².